The molecule has 0 fully saturated rings. The molecular formula is C18H21F2NO5. The molecule has 0 radical (unpaired) electrons. The van der Waals surface area contributed by atoms with Crippen LogP contribution in [0.5, 0.6) is 11.5 Å². The molecule has 1 rings (SSSR count). The molecule has 0 bridgehead atoms. The molecule has 26 heavy (non-hydrogen) atoms. The number of halogens is 2. The highest BCUT2D eigenvalue weighted by atomic mass is 19.3. The zero-order chi connectivity index (χ0) is 19.5. The number of alkyl halides is 2. The summed E-state index contributed by atoms with van der Waals surface area (Å²) in [5.74, 6) is -1.15. The number of carbonyl (C=O) groups excluding carboxylic acids is 2. The van der Waals surface area contributed by atoms with Crippen LogP contribution in [0.2, 0.25) is 0 Å². The van der Waals surface area contributed by atoms with Gasteiger partial charge in [0, 0.05) is 12.6 Å². The molecule has 0 saturated heterocycles. The molecule has 0 unspecified atom stereocenters. The van der Waals surface area contributed by atoms with Crippen molar-refractivity contribution in [1.29, 1.82) is 0 Å². The van der Waals surface area contributed by atoms with Crippen molar-refractivity contribution in [1.82, 2.24) is 5.32 Å². The molecule has 1 amide bonds. The lowest BCUT2D eigenvalue weighted by molar-refractivity contribution is -0.150. The molecule has 0 saturated carbocycles. The first-order chi connectivity index (χ1) is 12.4. The first kappa shape index (κ1) is 21.1. The van der Waals surface area contributed by atoms with Crippen LogP contribution in [-0.4, -0.2) is 37.7 Å². The van der Waals surface area contributed by atoms with Gasteiger partial charge in [-0.05, 0) is 37.6 Å². The van der Waals surface area contributed by atoms with Gasteiger partial charge in [0.05, 0.1) is 6.61 Å². The summed E-state index contributed by atoms with van der Waals surface area (Å²) in [6.45, 7) is 4.15. The fourth-order valence-electron chi connectivity index (χ4n) is 1.84. The van der Waals surface area contributed by atoms with Crippen LogP contribution in [0, 0.1) is 0 Å². The van der Waals surface area contributed by atoms with Crippen LogP contribution in [0.4, 0.5) is 8.78 Å². The largest absolute Gasteiger partial charge is 0.490 e. The number of hydrogen-bond acceptors (Lipinski definition) is 5. The van der Waals surface area contributed by atoms with E-state index in [0.717, 1.165) is 6.08 Å². The van der Waals surface area contributed by atoms with E-state index in [0.29, 0.717) is 5.56 Å². The van der Waals surface area contributed by atoms with E-state index >= 15 is 0 Å². The molecule has 0 aliphatic carbocycles. The summed E-state index contributed by atoms with van der Waals surface area (Å²) < 4.78 is 39.3. The van der Waals surface area contributed by atoms with E-state index in [1.54, 1.807) is 6.92 Å². The zero-order valence-corrected chi connectivity index (χ0v) is 14.5. The van der Waals surface area contributed by atoms with Crippen molar-refractivity contribution in [2.45, 2.75) is 26.6 Å². The molecule has 6 nitrogen and oxygen atoms in total. The van der Waals surface area contributed by atoms with Crippen LogP contribution in [-0.2, 0) is 14.3 Å². The van der Waals surface area contributed by atoms with Gasteiger partial charge in [-0.15, -0.1) is 6.58 Å². The van der Waals surface area contributed by atoms with Gasteiger partial charge in [0.15, 0.2) is 17.6 Å². The number of amides is 1. The highest BCUT2D eigenvalue weighted by molar-refractivity contribution is 5.90. The van der Waals surface area contributed by atoms with E-state index in [2.05, 4.69) is 16.6 Å². The Balaban J connectivity index is 2.74. The Morgan fingerprint density at radius 3 is 2.65 bits per heavy atom. The maximum atomic E-state index is 12.4. The molecule has 0 spiro atoms. The van der Waals surface area contributed by atoms with Crippen LogP contribution < -0.4 is 14.8 Å². The van der Waals surface area contributed by atoms with E-state index in [4.69, 9.17) is 9.47 Å². The first-order valence-corrected chi connectivity index (χ1v) is 7.86. The van der Waals surface area contributed by atoms with Crippen LogP contribution in [0.15, 0.2) is 36.9 Å². The van der Waals surface area contributed by atoms with E-state index in [-0.39, 0.29) is 24.7 Å². The smallest absolute Gasteiger partial charge is 0.387 e. The van der Waals surface area contributed by atoms with Gasteiger partial charge >= 0.3 is 12.6 Å². The molecule has 0 aliphatic heterocycles. The number of benzene rings is 1. The molecule has 0 heterocycles. The highest BCUT2D eigenvalue weighted by Crippen LogP contribution is 2.30. The van der Waals surface area contributed by atoms with Crippen molar-refractivity contribution < 1.29 is 32.6 Å². The number of carbonyl (C=O) groups is 2. The number of esters is 1. The lowest BCUT2D eigenvalue weighted by Crippen LogP contribution is -2.35. The van der Waals surface area contributed by atoms with Crippen LogP contribution in [0.3, 0.4) is 0 Å². The van der Waals surface area contributed by atoms with Gasteiger partial charge in [0.1, 0.15) is 0 Å². The van der Waals surface area contributed by atoms with Gasteiger partial charge in [0.2, 0.25) is 0 Å². The van der Waals surface area contributed by atoms with Gasteiger partial charge in [-0.2, -0.15) is 8.78 Å². The normalized spacial score (nSPS) is 11.9. The van der Waals surface area contributed by atoms with E-state index in [1.165, 1.54) is 37.3 Å². The first-order valence-electron chi connectivity index (χ1n) is 7.86. The predicted molar refractivity (Wildman–Crippen MR) is 92.0 cm³/mol. The van der Waals surface area contributed by atoms with Crippen molar-refractivity contribution >= 4 is 18.0 Å². The fourth-order valence-corrected chi connectivity index (χ4v) is 1.84. The van der Waals surface area contributed by atoms with Gasteiger partial charge in [0.25, 0.3) is 5.91 Å². The molecule has 1 atom stereocenters. The topological polar surface area (TPSA) is 73.9 Å². The Labute approximate surface area is 150 Å². The molecular weight excluding hydrogens is 348 g/mol. The number of hydrogen-bond donors (Lipinski definition) is 1. The average molecular weight is 369 g/mol. The van der Waals surface area contributed by atoms with Gasteiger partial charge in [-0.1, -0.05) is 12.1 Å². The summed E-state index contributed by atoms with van der Waals surface area (Å²) in [6, 6.07) is 4.24. The quantitative estimate of drug-likeness (QED) is 0.390. The summed E-state index contributed by atoms with van der Waals surface area (Å²) >= 11 is 0. The molecule has 1 aromatic carbocycles. The zero-order valence-electron chi connectivity index (χ0n) is 14.5. The Morgan fingerprint density at radius 2 is 2.04 bits per heavy atom. The maximum absolute atomic E-state index is 12.4. The van der Waals surface area contributed by atoms with E-state index in [1.807, 2.05) is 0 Å². The highest BCUT2D eigenvalue weighted by Gasteiger charge is 2.15. The SMILES string of the molecule is C=CCNC(=O)[C@H](C)OC(=O)/C=C/c1ccc(OC(F)F)c(OCC)c1. The second-order valence-corrected chi connectivity index (χ2v) is 4.96. The lowest BCUT2D eigenvalue weighted by Gasteiger charge is -2.12. The lowest BCUT2D eigenvalue weighted by atomic mass is 10.2. The van der Waals surface area contributed by atoms with Gasteiger partial charge in [-0.3, -0.25) is 4.79 Å². The van der Waals surface area contributed by atoms with Gasteiger partial charge < -0.3 is 19.5 Å². The maximum Gasteiger partial charge on any atom is 0.387 e. The monoisotopic (exact) mass is 369 g/mol. The molecule has 0 aromatic heterocycles. The van der Waals surface area contributed by atoms with Crippen molar-refractivity contribution in [2.24, 2.45) is 0 Å². The van der Waals surface area contributed by atoms with E-state index < -0.39 is 24.6 Å². The van der Waals surface area contributed by atoms with Crippen LogP contribution in [0.1, 0.15) is 19.4 Å². The summed E-state index contributed by atoms with van der Waals surface area (Å²) in [5.41, 5.74) is 0.510. The Morgan fingerprint density at radius 1 is 1.31 bits per heavy atom. The molecule has 8 heteroatoms. The minimum absolute atomic E-state index is 0.103. The molecule has 1 aromatic rings. The second-order valence-electron chi connectivity index (χ2n) is 4.96. The molecule has 0 aliphatic rings. The third kappa shape index (κ3) is 7.33. The number of rotatable bonds is 10. The Bertz CT molecular complexity index is 661. The Hall–Kier alpha value is -2.90. The van der Waals surface area contributed by atoms with E-state index in [9.17, 15) is 18.4 Å². The summed E-state index contributed by atoms with van der Waals surface area (Å²) in [5, 5.41) is 2.50. The molecule has 142 valence electrons. The van der Waals surface area contributed by atoms with Crippen LogP contribution in [0.25, 0.3) is 6.08 Å². The summed E-state index contributed by atoms with van der Waals surface area (Å²) in [6.07, 6.45) is 3.07. The summed E-state index contributed by atoms with van der Waals surface area (Å²) in [7, 11) is 0. The van der Waals surface area contributed by atoms with Gasteiger partial charge in [-0.25, -0.2) is 4.79 Å². The van der Waals surface area contributed by atoms with Crippen molar-refractivity contribution in [3.63, 3.8) is 0 Å². The number of nitrogens with one attached hydrogen (secondary N) is 1. The van der Waals surface area contributed by atoms with Crippen molar-refractivity contribution in [3.05, 3.63) is 42.5 Å². The van der Waals surface area contributed by atoms with Crippen molar-refractivity contribution in [2.75, 3.05) is 13.2 Å². The predicted octanol–water partition coefficient (Wildman–Crippen LogP) is 2.93. The second kappa shape index (κ2) is 10.9. The van der Waals surface area contributed by atoms with Crippen LogP contribution >= 0.6 is 0 Å². The number of ether oxygens (including phenoxy) is 3. The Kier molecular flexibility index (Phi) is 8.83. The minimum atomic E-state index is -2.97. The summed E-state index contributed by atoms with van der Waals surface area (Å²) in [4.78, 5) is 23.4. The molecule has 1 N–H and O–H groups in total. The van der Waals surface area contributed by atoms with Crippen molar-refractivity contribution in [3.8, 4) is 11.5 Å². The standard InChI is InChI=1S/C18H21F2NO5/c1-4-10-21-17(23)12(3)25-16(22)9-7-13-6-8-14(26-18(19)20)15(11-13)24-5-2/h4,6-9,11-12,18H,1,5,10H2,2-3H3,(H,21,23)/b9-7+/t12-/m0/s1. The third-order valence-corrected chi connectivity index (χ3v) is 2.98. The average Bonchev–Trinajstić information content (AvgIpc) is 2.59. The minimum Gasteiger partial charge on any atom is -0.490 e. The fraction of sp³-hybridized carbons (Fsp3) is 0.333. The third-order valence-electron chi connectivity index (χ3n) is 2.98.